The molecule has 0 aliphatic heterocycles. The zero-order valence-corrected chi connectivity index (χ0v) is 10.9. The van der Waals surface area contributed by atoms with E-state index in [4.69, 9.17) is 0 Å². The standard InChI is InChI=1S/C6H8N4O7P2/c11-18(12,15-9-3-1-7-5-9)17-19(13,14)16-10-4-2-8-6-10/h1-6H,(H,11,12)(H,13,14). The zero-order valence-electron chi connectivity index (χ0n) is 9.08. The van der Waals surface area contributed by atoms with Crippen LogP contribution in [0.5, 0.6) is 0 Å². The fourth-order valence-corrected chi connectivity index (χ4v) is 2.94. The van der Waals surface area contributed by atoms with Gasteiger partial charge in [0.25, 0.3) is 0 Å². The third-order valence-electron chi connectivity index (χ3n) is 1.56. The van der Waals surface area contributed by atoms with Gasteiger partial charge in [-0.25, -0.2) is 19.1 Å². The van der Waals surface area contributed by atoms with E-state index in [9.17, 15) is 18.9 Å². The van der Waals surface area contributed by atoms with E-state index in [2.05, 4.69) is 23.5 Å². The van der Waals surface area contributed by atoms with Crippen LogP contribution >= 0.6 is 15.6 Å². The molecule has 0 saturated heterocycles. The summed E-state index contributed by atoms with van der Waals surface area (Å²) in [5, 5.41) is 0. The fourth-order valence-electron chi connectivity index (χ4n) is 0.989. The Balaban J connectivity index is 2.02. The molecule has 0 spiro atoms. The number of aromatic nitrogens is 4. The second-order valence-corrected chi connectivity index (χ2v) is 5.88. The van der Waals surface area contributed by atoms with Crippen molar-refractivity contribution >= 4 is 15.6 Å². The summed E-state index contributed by atoms with van der Waals surface area (Å²) in [5.74, 6) is 0. The predicted octanol–water partition coefficient (Wildman–Crippen LogP) is -0.146. The summed E-state index contributed by atoms with van der Waals surface area (Å²) in [6.45, 7) is 0. The lowest BCUT2D eigenvalue weighted by Gasteiger charge is -2.15. The molecular weight excluding hydrogens is 302 g/mol. The Morgan fingerprint density at radius 3 is 1.63 bits per heavy atom. The zero-order chi connectivity index (χ0) is 13.9. The average molecular weight is 310 g/mol. The van der Waals surface area contributed by atoms with Crippen LogP contribution in [-0.2, 0) is 13.4 Å². The fraction of sp³-hybridized carbons (Fsp3) is 0. The topological polar surface area (TPSA) is 138 Å². The summed E-state index contributed by atoms with van der Waals surface area (Å²) in [6.07, 6.45) is 6.99. The molecule has 104 valence electrons. The lowest BCUT2D eigenvalue weighted by molar-refractivity contribution is 0.138. The molecule has 11 nitrogen and oxygen atoms in total. The minimum atomic E-state index is -4.87. The van der Waals surface area contributed by atoms with Crippen LogP contribution in [0.15, 0.2) is 37.4 Å². The van der Waals surface area contributed by atoms with Crippen LogP contribution < -0.4 is 9.25 Å². The largest absolute Gasteiger partial charge is 0.556 e. The number of phosphoric acid groups is 2. The molecule has 13 heteroatoms. The van der Waals surface area contributed by atoms with Crippen LogP contribution in [0, 0.1) is 0 Å². The van der Waals surface area contributed by atoms with Crippen molar-refractivity contribution in [3.63, 3.8) is 0 Å². The molecule has 0 amide bonds. The van der Waals surface area contributed by atoms with Crippen LogP contribution in [0.3, 0.4) is 0 Å². The van der Waals surface area contributed by atoms with Crippen molar-refractivity contribution in [2.24, 2.45) is 0 Å². The van der Waals surface area contributed by atoms with Gasteiger partial charge in [-0.15, -0.1) is 0 Å². The van der Waals surface area contributed by atoms with Crippen LogP contribution in [0.25, 0.3) is 0 Å². The first-order valence-electron chi connectivity index (χ1n) is 4.59. The quantitative estimate of drug-likeness (QED) is 0.697. The van der Waals surface area contributed by atoms with Gasteiger partial charge in [-0.1, -0.05) is 0 Å². The van der Waals surface area contributed by atoms with Crippen molar-refractivity contribution in [2.75, 3.05) is 0 Å². The number of hydrogen-bond acceptors (Lipinski definition) is 7. The Hall–Kier alpha value is -1.64. The SMILES string of the molecule is O=P(O)(On1ccnc1)OP(=O)(O)On1ccnc1. The highest BCUT2D eigenvalue weighted by Gasteiger charge is 2.38. The maximum atomic E-state index is 11.5. The van der Waals surface area contributed by atoms with Crippen molar-refractivity contribution in [2.45, 2.75) is 0 Å². The monoisotopic (exact) mass is 310 g/mol. The summed E-state index contributed by atoms with van der Waals surface area (Å²) in [5.41, 5.74) is 0. The molecule has 0 aliphatic carbocycles. The van der Waals surface area contributed by atoms with Crippen LogP contribution in [0.2, 0.25) is 0 Å². The summed E-state index contributed by atoms with van der Waals surface area (Å²) in [7, 11) is -9.74. The Kier molecular flexibility index (Phi) is 3.74. The first-order valence-corrected chi connectivity index (χ1v) is 7.58. The van der Waals surface area contributed by atoms with Gasteiger partial charge in [0.05, 0.1) is 12.4 Å². The molecule has 0 fully saturated rings. The molecule has 2 N–H and O–H groups in total. The van der Waals surface area contributed by atoms with Crippen molar-refractivity contribution in [1.29, 1.82) is 0 Å². The van der Waals surface area contributed by atoms with Gasteiger partial charge in [0.2, 0.25) is 0 Å². The normalized spacial score (nSPS) is 17.4. The molecule has 2 aromatic rings. The van der Waals surface area contributed by atoms with E-state index in [1.807, 2.05) is 0 Å². The molecule has 0 aliphatic rings. The Bertz CT molecular complexity index is 557. The highest BCUT2D eigenvalue weighted by Crippen LogP contribution is 2.56. The highest BCUT2D eigenvalue weighted by atomic mass is 31.3. The molecule has 2 rings (SSSR count). The van der Waals surface area contributed by atoms with Gasteiger partial charge < -0.3 is 9.25 Å². The van der Waals surface area contributed by atoms with Crippen LogP contribution in [-0.4, -0.2) is 29.2 Å². The molecular formula is C6H8N4O7P2. The molecule has 2 aromatic heterocycles. The predicted molar refractivity (Wildman–Crippen MR) is 58.3 cm³/mol. The van der Waals surface area contributed by atoms with E-state index >= 15 is 0 Å². The van der Waals surface area contributed by atoms with Gasteiger partial charge >= 0.3 is 15.6 Å². The van der Waals surface area contributed by atoms with Gasteiger partial charge in [0.15, 0.2) is 0 Å². The minimum Gasteiger partial charge on any atom is -0.310 e. The number of nitrogens with zero attached hydrogens (tertiary/aromatic N) is 4. The summed E-state index contributed by atoms with van der Waals surface area (Å²) >= 11 is 0. The van der Waals surface area contributed by atoms with Crippen molar-refractivity contribution < 1.29 is 32.5 Å². The lowest BCUT2D eigenvalue weighted by Crippen LogP contribution is -2.12. The van der Waals surface area contributed by atoms with Gasteiger partial charge in [-0.3, -0.25) is 9.79 Å². The van der Waals surface area contributed by atoms with Crippen LogP contribution in [0.1, 0.15) is 0 Å². The van der Waals surface area contributed by atoms with Crippen LogP contribution in [0.4, 0.5) is 0 Å². The van der Waals surface area contributed by atoms with Crippen molar-refractivity contribution in [3.05, 3.63) is 37.4 Å². The number of rotatable bonds is 6. The third-order valence-corrected chi connectivity index (χ3v) is 4.00. The molecule has 2 atom stereocenters. The molecule has 0 bridgehead atoms. The number of hydrogen-bond donors (Lipinski definition) is 2. The molecule has 0 radical (unpaired) electrons. The van der Waals surface area contributed by atoms with Gasteiger partial charge in [0, 0.05) is 12.4 Å². The van der Waals surface area contributed by atoms with Gasteiger partial charge in [-0.2, -0.15) is 13.8 Å². The second-order valence-electron chi connectivity index (χ2n) is 3.03. The Morgan fingerprint density at radius 1 is 0.895 bits per heavy atom. The first-order chi connectivity index (χ1) is 8.86. The highest BCUT2D eigenvalue weighted by molar-refractivity contribution is 7.61. The molecule has 2 heterocycles. The third kappa shape index (κ3) is 4.19. The number of imidazole rings is 2. The van der Waals surface area contributed by atoms with E-state index in [1.54, 1.807) is 0 Å². The van der Waals surface area contributed by atoms with Crippen molar-refractivity contribution in [3.8, 4) is 0 Å². The van der Waals surface area contributed by atoms with E-state index in [-0.39, 0.29) is 0 Å². The molecule has 2 unspecified atom stereocenters. The average Bonchev–Trinajstić information content (AvgIpc) is 2.87. The smallest absolute Gasteiger partial charge is 0.310 e. The van der Waals surface area contributed by atoms with E-state index in [0.29, 0.717) is 0 Å². The van der Waals surface area contributed by atoms with Gasteiger partial charge in [0.1, 0.15) is 12.7 Å². The molecule has 19 heavy (non-hydrogen) atoms. The second kappa shape index (κ2) is 5.16. The molecule has 0 aromatic carbocycles. The molecule has 0 saturated carbocycles. The summed E-state index contributed by atoms with van der Waals surface area (Å²) in [6, 6.07) is 0. The van der Waals surface area contributed by atoms with E-state index < -0.39 is 15.6 Å². The maximum absolute atomic E-state index is 11.5. The lowest BCUT2D eigenvalue weighted by atomic mass is 11.0. The van der Waals surface area contributed by atoms with E-state index in [0.717, 1.165) is 22.1 Å². The van der Waals surface area contributed by atoms with Gasteiger partial charge in [-0.05, 0) is 0 Å². The minimum absolute atomic E-state index is 0.734. The first kappa shape index (κ1) is 13.8. The summed E-state index contributed by atoms with van der Waals surface area (Å²) in [4.78, 5) is 25.6. The Morgan fingerprint density at radius 2 is 1.32 bits per heavy atom. The summed E-state index contributed by atoms with van der Waals surface area (Å²) < 4.78 is 37.2. The van der Waals surface area contributed by atoms with E-state index in [1.165, 1.54) is 24.8 Å². The van der Waals surface area contributed by atoms with Crippen molar-refractivity contribution in [1.82, 2.24) is 19.4 Å². The Labute approximate surface area is 106 Å². The maximum Gasteiger partial charge on any atom is 0.556 e.